The summed E-state index contributed by atoms with van der Waals surface area (Å²) in [7, 11) is 0. The van der Waals surface area contributed by atoms with Crippen molar-refractivity contribution >= 4 is 5.97 Å². The van der Waals surface area contributed by atoms with Crippen LogP contribution in [0.25, 0.3) is 0 Å². The van der Waals surface area contributed by atoms with Gasteiger partial charge in [-0.25, -0.2) is 0 Å². The Balaban J connectivity index is 0. The zero-order valence-electron chi connectivity index (χ0n) is 10.5. The number of carbonyl (C=O) groups is 1. The number of hydrogen-bond acceptors (Lipinski definition) is 3. The van der Waals surface area contributed by atoms with Gasteiger partial charge in [-0.05, 0) is 19.3 Å². The molecule has 4 heteroatoms. The minimum atomic E-state index is -0.931. The fourth-order valence-electron chi connectivity index (χ4n) is 1.62. The molecule has 0 unspecified atom stereocenters. The third kappa shape index (κ3) is 16.8. The summed E-state index contributed by atoms with van der Waals surface area (Å²) in [5, 5.41) is 18.7. The van der Waals surface area contributed by atoms with E-state index in [0.717, 1.165) is 32.1 Å². The second-order valence-electron chi connectivity index (χ2n) is 4.03. The number of carbonyl (C=O) groups excluding carboxylic acids is 1. The van der Waals surface area contributed by atoms with Crippen LogP contribution in [0.4, 0.5) is 0 Å². The van der Waals surface area contributed by atoms with E-state index < -0.39 is 5.97 Å². The fourth-order valence-corrected chi connectivity index (χ4v) is 1.62. The van der Waals surface area contributed by atoms with E-state index in [9.17, 15) is 9.90 Å². The first kappa shape index (κ1) is 18.8. The molecule has 0 aliphatic carbocycles. The molecule has 0 aliphatic heterocycles. The predicted molar refractivity (Wildman–Crippen MR) is 58.3 cm³/mol. The Kier molecular flexibility index (Phi) is 18.1. The zero-order chi connectivity index (χ0) is 11.4. The molecular formula is C12H23NaO3. The van der Waals surface area contributed by atoms with Crippen LogP contribution in [0.3, 0.4) is 0 Å². The first-order valence-corrected chi connectivity index (χ1v) is 6.08. The van der Waals surface area contributed by atoms with Crippen molar-refractivity contribution in [1.29, 1.82) is 0 Å². The molecule has 0 radical (unpaired) electrons. The van der Waals surface area contributed by atoms with E-state index in [-0.39, 0.29) is 36.0 Å². The number of rotatable bonds is 11. The van der Waals surface area contributed by atoms with E-state index in [1.807, 2.05) is 0 Å². The Bertz CT molecular complexity index is 151. The van der Waals surface area contributed by atoms with E-state index >= 15 is 0 Å². The van der Waals surface area contributed by atoms with Crippen LogP contribution in [0.5, 0.6) is 0 Å². The van der Waals surface area contributed by atoms with Gasteiger partial charge in [0.05, 0.1) is 0 Å². The summed E-state index contributed by atoms with van der Waals surface area (Å²) in [6.07, 6.45) is 10.0. The molecule has 0 heterocycles. The maximum Gasteiger partial charge on any atom is 1.00 e. The van der Waals surface area contributed by atoms with Gasteiger partial charge in [-0.15, -0.1) is 0 Å². The van der Waals surface area contributed by atoms with Crippen LogP contribution >= 0.6 is 0 Å². The maximum absolute atomic E-state index is 10.1. The molecule has 0 aromatic heterocycles. The summed E-state index contributed by atoms with van der Waals surface area (Å²) < 4.78 is 0. The molecule has 0 aromatic rings. The summed E-state index contributed by atoms with van der Waals surface area (Å²) in [5.41, 5.74) is 0. The Morgan fingerprint density at radius 3 is 1.56 bits per heavy atom. The first-order valence-electron chi connectivity index (χ1n) is 6.08. The molecule has 0 bridgehead atoms. The van der Waals surface area contributed by atoms with E-state index in [1.165, 1.54) is 25.7 Å². The van der Waals surface area contributed by atoms with Crippen molar-refractivity contribution in [2.75, 3.05) is 6.61 Å². The van der Waals surface area contributed by atoms with E-state index in [0.29, 0.717) is 6.61 Å². The standard InChI is InChI=1S/C12H24O3.Na/c13-11-9-7-5-3-1-2-4-6-8-10-12(14)15;/h13H,1-11H2,(H,14,15);/q;+1/p-1. The Labute approximate surface area is 121 Å². The van der Waals surface area contributed by atoms with Crippen molar-refractivity contribution in [1.82, 2.24) is 0 Å². The number of aliphatic carboxylic acids is 1. The molecule has 0 rings (SSSR count). The van der Waals surface area contributed by atoms with Gasteiger partial charge in [-0.3, -0.25) is 0 Å². The molecular weight excluding hydrogens is 215 g/mol. The van der Waals surface area contributed by atoms with Crippen molar-refractivity contribution in [2.45, 2.75) is 64.2 Å². The van der Waals surface area contributed by atoms with Crippen LogP contribution < -0.4 is 34.7 Å². The van der Waals surface area contributed by atoms with E-state index in [1.54, 1.807) is 0 Å². The third-order valence-corrected chi connectivity index (χ3v) is 2.54. The number of aliphatic hydroxyl groups excluding tert-OH is 1. The normalized spacial score (nSPS) is 9.81. The summed E-state index contributed by atoms with van der Waals surface area (Å²) in [6, 6.07) is 0. The quantitative estimate of drug-likeness (QED) is 0.357. The molecule has 0 aliphatic rings. The van der Waals surface area contributed by atoms with Crippen molar-refractivity contribution in [3.63, 3.8) is 0 Å². The van der Waals surface area contributed by atoms with Gasteiger partial charge < -0.3 is 15.0 Å². The molecule has 1 N–H and O–H groups in total. The number of hydrogen-bond donors (Lipinski definition) is 1. The fraction of sp³-hybridized carbons (Fsp3) is 0.917. The topological polar surface area (TPSA) is 60.4 Å². The minimum absolute atomic E-state index is 0. The largest absolute Gasteiger partial charge is 1.00 e. The average molecular weight is 238 g/mol. The number of carboxylic acid groups (broad SMARTS) is 1. The molecule has 0 saturated heterocycles. The number of aliphatic hydroxyl groups is 1. The van der Waals surface area contributed by atoms with Gasteiger partial charge in [-0.1, -0.05) is 44.9 Å². The van der Waals surface area contributed by atoms with E-state index in [4.69, 9.17) is 5.11 Å². The second kappa shape index (κ2) is 15.4. The van der Waals surface area contributed by atoms with Gasteiger partial charge in [0.25, 0.3) is 0 Å². The van der Waals surface area contributed by atoms with Gasteiger partial charge in [0.2, 0.25) is 0 Å². The summed E-state index contributed by atoms with van der Waals surface area (Å²) >= 11 is 0. The van der Waals surface area contributed by atoms with Crippen LogP contribution in [0.15, 0.2) is 0 Å². The number of carboxylic acids is 1. The number of unbranched alkanes of at least 4 members (excludes halogenated alkanes) is 8. The van der Waals surface area contributed by atoms with Gasteiger partial charge in [0.15, 0.2) is 0 Å². The van der Waals surface area contributed by atoms with Crippen molar-refractivity contribution in [3.05, 3.63) is 0 Å². The summed E-state index contributed by atoms with van der Waals surface area (Å²) in [5.74, 6) is -0.931. The molecule has 90 valence electrons. The van der Waals surface area contributed by atoms with Crippen LogP contribution in [-0.4, -0.2) is 17.7 Å². The third-order valence-electron chi connectivity index (χ3n) is 2.54. The molecule has 0 atom stereocenters. The summed E-state index contributed by atoms with van der Waals surface area (Å²) in [6.45, 7) is 0.309. The molecule has 16 heavy (non-hydrogen) atoms. The summed E-state index contributed by atoms with van der Waals surface area (Å²) in [4.78, 5) is 10.1. The van der Waals surface area contributed by atoms with Crippen LogP contribution in [-0.2, 0) is 4.79 Å². The van der Waals surface area contributed by atoms with Crippen LogP contribution in [0.1, 0.15) is 64.2 Å². The van der Waals surface area contributed by atoms with Crippen molar-refractivity contribution in [2.24, 2.45) is 0 Å². The molecule has 3 nitrogen and oxygen atoms in total. The zero-order valence-corrected chi connectivity index (χ0v) is 12.5. The monoisotopic (exact) mass is 238 g/mol. The van der Waals surface area contributed by atoms with Crippen molar-refractivity contribution < 1.29 is 44.6 Å². The first-order chi connectivity index (χ1) is 7.27. The van der Waals surface area contributed by atoms with Crippen LogP contribution in [0.2, 0.25) is 0 Å². The van der Waals surface area contributed by atoms with Crippen molar-refractivity contribution in [3.8, 4) is 0 Å². The average Bonchev–Trinajstić information content (AvgIpc) is 2.20. The smallest absolute Gasteiger partial charge is 0.550 e. The van der Waals surface area contributed by atoms with Gasteiger partial charge in [0.1, 0.15) is 0 Å². The van der Waals surface area contributed by atoms with Gasteiger partial charge in [0, 0.05) is 12.6 Å². The molecule has 0 aromatic carbocycles. The SMILES string of the molecule is O=C([O-])CCCCCCCCCCCO.[Na+]. The molecule has 0 amide bonds. The Hall–Kier alpha value is 0.430. The van der Waals surface area contributed by atoms with Crippen LogP contribution in [0, 0.1) is 0 Å². The van der Waals surface area contributed by atoms with Gasteiger partial charge >= 0.3 is 29.6 Å². The second-order valence-corrected chi connectivity index (χ2v) is 4.03. The minimum Gasteiger partial charge on any atom is -0.550 e. The van der Waals surface area contributed by atoms with E-state index in [2.05, 4.69) is 0 Å². The predicted octanol–water partition coefficient (Wildman–Crippen LogP) is -1.37. The Morgan fingerprint density at radius 1 is 0.812 bits per heavy atom. The van der Waals surface area contributed by atoms with Gasteiger partial charge in [-0.2, -0.15) is 0 Å². The molecule has 0 spiro atoms. The maximum atomic E-state index is 10.1. The molecule has 0 saturated carbocycles. The molecule has 0 fully saturated rings. The Morgan fingerprint density at radius 2 is 1.19 bits per heavy atom.